The van der Waals surface area contributed by atoms with Gasteiger partial charge in [0, 0.05) is 19.3 Å². The van der Waals surface area contributed by atoms with Gasteiger partial charge in [-0.3, -0.25) is 0 Å². The molecule has 23 heavy (non-hydrogen) atoms. The number of morpholine rings is 1. The van der Waals surface area contributed by atoms with Gasteiger partial charge in [-0.05, 0) is 36.8 Å². The number of allylic oxidation sites excluding steroid dienone is 2. The van der Waals surface area contributed by atoms with E-state index < -0.39 is 0 Å². The Morgan fingerprint density at radius 2 is 2.13 bits per heavy atom. The maximum atomic E-state index is 12.5. The highest BCUT2D eigenvalue weighted by Crippen LogP contribution is 2.26. The maximum absolute atomic E-state index is 12.5. The van der Waals surface area contributed by atoms with Crippen LogP contribution in [0.2, 0.25) is 0 Å². The van der Waals surface area contributed by atoms with Gasteiger partial charge < -0.3 is 14.4 Å². The molecule has 0 bridgehead atoms. The number of carbonyl (C=O) groups excluding carboxylic acids is 1. The highest BCUT2D eigenvalue weighted by Gasteiger charge is 2.23. The molecular formula is C18H24N2O3. The third kappa shape index (κ3) is 3.91. The van der Waals surface area contributed by atoms with Gasteiger partial charge in [0.05, 0.1) is 19.8 Å². The summed E-state index contributed by atoms with van der Waals surface area (Å²) >= 11 is 0. The SMILES string of the molecule is CC1CC=CCC1COC(=O)c1cccnc1N1CCOCC1. The fourth-order valence-corrected chi connectivity index (χ4v) is 3.08. The number of hydrogen-bond donors (Lipinski definition) is 0. The van der Waals surface area contributed by atoms with Gasteiger partial charge >= 0.3 is 5.97 Å². The molecule has 0 aromatic carbocycles. The van der Waals surface area contributed by atoms with E-state index in [4.69, 9.17) is 9.47 Å². The topological polar surface area (TPSA) is 51.7 Å². The van der Waals surface area contributed by atoms with Crippen LogP contribution in [0.4, 0.5) is 5.82 Å². The highest BCUT2D eigenvalue weighted by atomic mass is 16.5. The van der Waals surface area contributed by atoms with Gasteiger partial charge in [-0.15, -0.1) is 0 Å². The van der Waals surface area contributed by atoms with E-state index in [2.05, 4.69) is 29.0 Å². The average molecular weight is 316 g/mol. The van der Waals surface area contributed by atoms with Crippen LogP contribution in [0.5, 0.6) is 0 Å². The first-order valence-corrected chi connectivity index (χ1v) is 8.35. The van der Waals surface area contributed by atoms with Gasteiger partial charge in [0.15, 0.2) is 0 Å². The molecule has 5 heteroatoms. The van der Waals surface area contributed by atoms with Crippen LogP contribution >= 0.6 is 0 Å². The number of carbonyl (C=O) groups is 1. The first kappa shape index (κ1) is 16.0. The van der Waals surface area contributed by atoms with Gasteiger partial charge in [-0.1, -0.05) is 19.1 Å². The monoisotopic (exact) mass is 316 g/mol. The minimum Gasteiger partial charge on any atom is -0.462 e. The Balaban J connectivity index is 1.66. The Morgan fingerprint density at radius 1 is 1.35 bits per heavy atom. The van der Waals surface area contributed by atoms with E-state index in [0.717, 1.165) is 25.9 Å². The van der Waals surface area contributed by atoms with Crippen LogP contribution < -0.4 is 4.90 Å². The van der Waals surface area contributed by atoms with Crippen molar-refractivity contribution in [2.45, 2.75) is 19.8 Å². The Hall–Kier alpha value is -1.88. The van der Waals surface area contributed by atoms with E-state index in [1.54, 1.807) is 18.3 Å². The summed E-state index contributed by atoms with van der Waals surface area (Å²) < 4.78 is 11.0. The molecular weight excluding hydrogens is 292 g/mol. The molecule has 1 aromatic rings. The zero-order chi connectivity index (χ0) is 16.1. The molecule has 1 saturated heterocycles. The van der Waals surface area contributed by atoms with Crippen molar-refractivity contribution in [1.29, 1.82) is 0 Å². The van der Waals surface area contributed by atoms with Crippen molar-refractivity contribution in [2.24, 2.45) is 11.8 Å². The summed E-state index contributed by atoms with van der Waals surface area (Å²) in [7, 11) is 0. The van der Waals surface area contributed by atoms with Crippen molar-refractivity contribution >= 4 is 11.8 Å². The number of ether oxygens (including phenoxy) is 2. The summed E-state index contributed by atoms with van der Waals surface area (Å²) in [6.07, 6.45) is 8.16. The lowest BCUT2D eigenvalue weighted by Crippen LogP contribution is -2.37. The minimum absolute atomic E-state index is 0.277. The molecule has 5 nitrogen and oxygen atoms in total. The molecule has 0 spiro atoms. The number of hydrogen-bond acceptors (Lipinski definition) is 5. The second-order valence-electron chi connectivity index (χ2n) is 6.25. The number of aromatic nitrogens is 1. The molecule has 3 rings (SSSR count). The second kappa shape index (κ2) is 7.59. The molecule has 124 valence electrons. The Labute approximate surface area is 137 Å². The Kier molecular flexibility index (Phi) is 5.28. The molecule has 2 atom stereocenters. The normalized spacial score (nSPS) is 24.5. The van der Waals surface area contributed by atoms with E-state index in [1.165, 1.54) is 0 Å². The smallest absolute Gasteiger partial charge is 0.341 e. The van der Waals surface area contributed by atoms with E-state index in [9.17, 15) is 4.79 Å². The van der Waals surface area contributed by atoms with E-state index in [0.29, 0.717) is 43.0 Å². The lowest BCUT2D eigenvalue weighted by Gasteiger charge is -2.29. The van der Waals surface area contributed by atoms with Crippen LogP contribution in [0, 0.1) is 11.8 Å². The van der Waals surface area contributed by atoms with Gasteiger partial charge in [0.25, 0.3) is 0 Å². The van der Waals surface area contributed by atoms with Crippen LogP contribution in [0.25, 0.3) is 0 Å². The molecule has 0 saturated carbocycles. The highest BCUT2D eigenvalue weighted by molar-refractivity contribution is 5.94. The maximum Gasteiger partial charge on any atom is 0.341 e. The van der Waals surface area contributed by atoms with Crippen LogP contribution in [0.3, 0.4) is 0 Å². The first-order valence-electron chi connectivity index (χ1n) is 8.35. The molecule has 0 amide bonds. The number of esters is 1. The number of rotatable bonds is 4. The minimum atomic E-state index is -0.277. The van der Waals surface area contributed by atoms with Crippen molar-refractivity contribution in [1.82, 2.24) is 4.98 Å². The molecule has 1 fully saturated rings. The van der Waals surface area contributed by atoms with Crippen LogP contribution in [0.15, 0.2) is 30.5 Å². The molecule has 2 unspecified atom stereocenters. The summed E-state index contributed by atoms with van der Waals surface area (Å²) in [5.74, 6) is 1.40. The van der Waals surface area contributed by atoms with Crippen molar-refractivity contribution in [2.75, 3.05) is 37.8 Å². The largest absolute Gasteiger partial charge is 0.462 e. The third-order valence-electron chi connectivity index (χ3n) is 4.66. The zero-order valence-corrected chi connectivity index (χ0v) is 13.6. The van der Waals surface area contributed by atoms with Crippen LogP contribution in [-0.4, -0.2) is 43.9 Å². The molecule has 0 radical (unpaired) electrons. The van der Waals surface area contributed by atoms with Gasteiger partial charge in [-0.2, -0.15) is 0 Å². The van der Waals surface area contributed by atoms with Crippen LogP contribution in [-0.2, 0) is 9.47 Å². The molecule has 0 N–H and O–H groups in total. The van der Waals surface area contributed by atoms with Gasteiger partial charge in [-0.25, -0.2) is 9.78 Å². The van der Waals surface area contributed by atoms with E-state index >= 15 is 0 Å². The molecule has 2 heterocycles. The predicted molar refractivity (Wildman–Crippen MR) is 88.6 cm³/mol. The van der Waals surface area contributed by atoms with Crippen molar-refractivity contribution in [3.63, 3.8) is 0 Å². The quantitative estimate of drug-likeness (QED) is 0.631. The lowest BCUT2D eigenvalue weighted by atomic mass is 9.85. The van der Waals surface area contributed by atoms with Crippen molar-refractivity contribution in [3.05, 3.63) is 36.0 Å². The van der Waals surface area contributed by atoms with Crippen LogP contribution in [0.1, 0.15) is 30.1 Å². The third-order valence-corrected chi connectivity index (χ3v) is 4.66. The fraction of sp³-hybridized carbons (Fsp3) is 0.556. The fourth-order valence-electron chi connectivity index (χ4n) is 3.08. The first-order chi connectivity index (χ1) is 11.3. The average Bonchev–Trinajstić information content (AvgIpc) is 2.61. The summed E-state index contributed by atoms with van der Waals surface area (Å²) in [5, 5.41) is 0. The standard InChI is InChI=1S/C18H24N2O3/c1-14-5-2-3-6-15(14)13-23-18(21)16-7-4-8-19-17(16)20-9-11-22-12-10-20/h2-4,7-8,14-15H,5-6,9-13H2,1H3. The summed E-state index contributed by atoms with van der Waals surface area (Å²) in [4.78, 5) is 19.0. The van der Waals surface area contributed by atoms with E-state index in [-0.39, 0.29) is 5.97 Å². The lowest BCUT2D eigenvalue weighted by molar-refractivity contribution is 0.0395. The number of nitrogens with zero attached hydrogens (tertiary/aromatic N) is 2. The van der Waals surface area contributed by atoms with Gasteiger partial charge in [0.2, 0.25) is 0 Å². The summed E-state index contributed by atoms with van der Waals surface area (Å²) in [6, 6.07) is 3.58. The predicted octanol–water partition coefficient (Wildman–Crippen LogP) is 2.68. The summed E-state index contributed by atoms with van der Waals surface area (Å²) in [6.45, 7) is 5.52. The van der Waals surface area contributed by atoms with E-state index in [1.807, 2.05) is 0 Å². The Morgan fingerprint density at radius 3 is 2.91 bits per heavy atom. The van der Waals surface area contributed by atoms with Gasteiger partial charge in [0.1, 0.15) is 11.4 Å². The van der Waals surface area contributed by atoms with Crippen molar-refractivity contribution in [3.8, 4) is 0 Å². The van der Waals surface area contributed by atoms with Crippen molar-refractivity contribution < 1.29 is 14.3 Å². The second-order valence-corrected chi connectivity index (χ2v) is 6.25. The number of anilines is 1. The molecule has 1 aromatic heterocycles. The Bertz CT molecular complexity index is 567. The number of pyridine rings is 1. The summed E-state index contributed by atoms with van der Waals surface area (Å²) in [5.41, 5.74) is 0.549. The molecule has 1 aliphatic carbocycles. The molecule has 2 aliphatic rings. The molecule has 1 aliphatic heterocycles. The zero-order valence-electron chi connectivity index (χ0n) is 13.6.